The number of hydrogen-bond donors (Lipinski definition) is 0. The third kappa shape index (κ3) is 1.40. The van der Waals surface area contributed by atoms with Gasteiger partial charge in [0.15, 0.2) is 0 Å². The van der Waals surface area contributed by atoms with Crippen LogP contribution in [0.1, 0.15) is 18.4 Å². The third-order valence-electron chi connectivity index (χ3n) is 2.13. The molecule has 0 spiro atoms. The fourth-order valence-electron chi connectivity index (χ4n) is 1.19. The summed E-state index contributed by atoms with van der Waals surface area (Å²) in [6, 6.07) is 5.99. The fourth-order valence-corrected chi connectivity index (χ4v) is 1.19. The van der Waals surface area contributed by atoms with Crippen LogP contribution in [0.5, 0.6) is 0 Å². The predicted molar refractivity (Wildman–Crippen MR) is 39.6 cm³/mol. The molecule has 0 atom stereocenters. The van der Waals surface area contributed by atoms with Crippen LogP contribution in [0.3, 0.4) is 0 Å². The van der Waals surface area contributed by atoms with Gasteiger partial charge in [0.05, 0.1) is 11.5 Å². The zero-order chi connectivity index (χ0) is 7.73. The zero-order valence-electron chi connectivity index (χ0n) is 6.37. The van der Waals surface area contributed by atoms with Gasteiger partial charge in [0.25, 0.3) is 0 Å². The van der Waals surface area contributed by atoms with Crippen LogP contribution in [0, 0.1) is 17.5 Å². The fraction of sp³-hybridized carbons (Fsp3) is 0.333. The van der Waals surface area contributed by atoms with Gasteiger partial charge in [-0.3, -0.25) is 0 Å². The largest absolute Gasteiger partial charge is 0.394 e. The minimum atomic E-state index is -0.192. The molecule has 12 heavy (non-hydrogen) atoms. The van der Waals surface area contributed by atoms with E-state index >= 15 is 0 Å². The second-order valence-electron chi connectivity index (χ2n) is 2.87. The number of nitriles is 1. The normalized spacial score (nSPS) is 17.2. The second kappa shape index (κ2) is 3.33. The number of hydrogen-bond acceptors (Lipinski definition) is 2. The van der Waals surface area contributed by atoms with Crippen LogP contribution >= 0.6 is 0 Å². The number of aromatic nitrogens is 1. The smallest absolute Gasteiger partial charge is 0.0716 e. The Hall–Kier alpha value is -0.737. The molecule has 1 heterocycles. The van der Waals surface area contributed by atoms with E-state index in [1.807, 2.05) is 6.07 Å². The van der Waals surface area contributed by atoms with Gasteiger partial charge in [-0.05, 0) is 12.8 Å². The van der Waals surface area contributed by atoms with Crippen molar-refractivity contribution in [1.82, 2.24) is 4.98 Å². The standard InChI is InChI=1S/C9H7N2.Rh/c10-7-9(3-4-9)8-2-1-5-11-6-8;/h1-2,6H,3-4H2;/q-1;. The van der Waals surface area contributed by atoms with E-state index in [2.05, 4.69) is 17.3 Å². The summed E-state index contributed by atoms with van der Waals surface area (Å²) in [6.07, 6.45) is 6.39. The van der Waals surface area contributed by atoms with Crippen LogP contribution < -0.4 is 0 Å². The van der Waals surface area contributed by atoms with E-state index in [-0.39, 0.29) is 24.9 Å². The summed E-state index contributed by atoms with van der Waals surface area (Å²) in [5.41, 5.74) is 0.848. The number of nitrogens with zero attached hydrogens (tertiary/aromatic N) is 2. The molecule has 2 rings (SSSR count). The maximum Gasteiger partial charge on any atom is 0.0716 e. The van der Waals surface area contributed by atoms with E-state index in [9.17, 15) is 0 Å². The van der Waals surface area contributed by atoms with Gasteiger partial charge in [0.2, 0.25) is 0 Å². The first-order valence-corrected chi connectivity index (χ1v) is 3.61. The van der Waals surface area contributed by atoms with Gasteiger partial charge in [0.1, 0.15) is 0 Å². The Kier molecular flexibility index (Phi) is 2.60. The molecular weight excluding hydrogens is 239 g/mol. The quantitative estimate of drug-likeness (QED) is 0.555. The molecular formula is C9H7N2Rh-. The molecule has 0 N–H and O–H groups in total. The number of pyridine rings is 1. The Balaban J connectivity index is 0.000000720. The van der Waals surface area contributed by atoms with Crippen molar-refractivity contribution in [1.29, 1.82) is 5.26 Å². The van der Waals surface area contributed by atoms with Crippen LogP contribution in [0.15, 0.2) is 18.3 Å². The first-order chi connectivity index (χ1) is 5.37. The molecule has 3 heteroatoms. The molecule has 0 saturated heterocycles. The molecule has 0 unspecified atom stereocenters. The SMILES string of the molecule is N#CC1(c2cc[c-]nc2)CC1.[Rh]. The molecule has 0 bridgehead atoms. The average molecular weight is 246 g/mol. The molecule has 1 fully saturated rings. The summed E-state index contributed by atoms with van der Waals surface area (Å²) in [7, 11) is 0. The van der Waals surface area contributed by atoms with Crippen LogP contribution in [0.2, 0.25) is 0 Å². The molecule has 63 valence electrons. The molecule has 0 amide bonds. The molecule has 1 aromatic rings. The molecule has 1 radical (unpaired) electrons. The summed E-state index contributed by atoms with van der Waals surface area (Å²) in [4.78, 5) is 3.86. The molecule has 1 aliphatic carbocycles. The monoisotopic (exact) mass is 246 g/mol. The van der Waals surface area contributed by atoms with E-state index in [1.165, 1.54) is 0 Å². The first kappa shape index (κ1) is 9.35. The molecule has 1 aromatic heterocycles. The minimum absolute atomic E-state index is 0. The first-order valence-electron chi connectivity index (χ1n) is 3.61. The summed E-state index contributed by atoms with van der Waals surface area (Å²) in [5.74, 6) is 0. The third-order valence-corrected chi connectivity index (χ3v) is 2.13. The van der Waals surface area contributed by atoms with Crippen molar-refractivity contribution in [2.24, 2.45) is 0 Å². The molecule has 0 aliphatic heterocycles. The van der Waals surface area contributed by atoms with Gasteiger partial charge in [-0.25, -0.2) is 0 Å². The summed E-state index contributed by atoms with van der Waals surface area (Å²) in [6.45, 7) is 0. The Morgan fingerprint density at radius 1 is 1.58 bits per heavy atom. The van der Waals surface area contributed by atoms with Gasteiger partial charge in [0, 0.05) is 19.5 Å². The van der Waals surface area contributed by atoms with Gasteiger partial charge >= 0.3 is 0 Å². The zero-order valence-corrected chi connectivity index (χ0v) is 8.01. The van der Waals surface area contributed by atoms with Crippen LogP contribution in [0.4, 0.5) is 0 Å². The van der Waals surface area contributed by atoms with Crippen molar-refractivity contribution in [2.45, 2.75) is 18.3 Å². The van der Waals surface area contributed by atoms with Crippen LogP contribution in [-0.4, -0.2) is 4.98 Å². The van der Waals surface area contributed by atoms with E-state index < -0.39 is 0 Å². The van der Waals surface area contributed by atoms with Crippen molar-refractivity contribution in [3.8, 4) is 6.07 Å². The molecule has 1 aliphatic rings. The topological polar surface area (TPSA) is 36.7 Å². The average Bonchev–Trinajstić information content (AvgIpc) is 2.86. The van der Waals surface area contributed by atoms with Crippen LogP contribution in [0.25, 0.3) is 0 Å². The van der Waals surface area contributed by atoms with Crippen molar-refractivity contribution in [3.63, 3.8) is 0 Å². The number of rotatable bonds is 1. The maximum absolute atomic E-state index is 8.82. The van der Waals surface area contributed by atoms with Gasteiger partial charge in [-0.2, -0.15) is 17.4 Å². The Bertz CT molecular complexity index is 298. The van der Waals surface area contributed by atoms with Gasteiger partial charge < -0.3 is 4.98 Å². The van der Waals surface area contributed by atoms with E-state index in [0.29, 0.717) is 0 Å². The molecule has 1 saturated carbocycles. The van der Waals surface area contributed by atoms with Crippen molar-refractivity contribution < 1.29 is 19.5 Å². The Morgan fingerprint density at radius 3 is 2.75 bits per heavy atom. The predicted octanol–water partition coefficient (Wildman–Crippen LogP) is 1.43. The maximum atomic E-state index is 8.82. The van der Waals surface area contributed by atoms with Crippen molar-refractivity contribution >= 4 is 0 Å². The van der Waals surface area contributed by atoms with E-state index in [0.717, 1.165) is 18.4 Å². The molecule has 2 nitrogen and oxygen atoms in total. The van der Waals surface area contributed by atoms with Gasteiger partial charge in [-0.1, -0.05) is 12.4 Å². The van der Waals surface area contributed by atoms with E-state index in [1.54, 1.807) is 12.3 Å². The summed E-state index contributed by atoms with van der Waals surface area (Å²) < 4.78 is 0. The second-order valence-corrected chi connectivity index (χ2v) is 2.87. The van der Waals surface area contributed by atoms with E-state index in [4.69, 9.17) is 5.26 Å². The minimum Gasteiger partial charge on any atom is -0.394 e. The summed E-state index contributed by atoms with van der Waals surface area (Å²) in [5, 5.41) is 8.82. The van der Waals surface area contributed by atoms with Crippen molar-refractivity contribution in [2.75, 3.05) is 0 Å². The summed E-state index contributed by atoms with van der Waals surface area (Å²) >= 11 is 0. The Labute approximate surface area is 84.4 Å². The van der Waals surface area contributed by atoms with Crippen molar-refractivity contribution in [3.05, 3.63) is 30.1 Å². The van der Waals surface area contributed by atoms with Gasteiger partial charge in [-0.15, -0.1) is 5.56 Å². The Morgan fingerprint density at radius 2 is 2.33 bits per heavy atom. The molecule has 0 aromatic carbocycles. The van der Waals surface area contributed by atoms with Crippen LogP contribution in [-0.2, 0) is 24.9 Å².